The molecule has 0 radical (unpaired) electrons. The van der Waals surface area contributed by atoms with Crippen molar-refractivity contribution in [3.8, 4) is 0 Å². The summed E-state index contributed by atoms with van der Waals surface area (Å²) >= 11 is 0. The van der Waals surface area contributed by atoms with Gasteiger partial charge >= 0.3 is 0 Å². The maximum Gasteiger partial charge on any atom is 0.128 e. The Morgan fingerprint density at radius 1 is 1.54 bits per heavy atom. The predicted molar refractivity (Wildman–Crippen MR) is 53.1 cm³/mol. The quantitative estimate of drug-likeness (QED) is 0.769. The maximum atomic E-state index is 5.65. The highest BCUT2D eigenvalue weighted by Gasteiger charge is 1.99. The normalized spacial score (nSPS) is 10.7. The number of anilines is 1. The highest BCUT2D eigenvalue weighted by Crippen LogP contribution is 2.08. The molecule has 1 aromatic rings. The van der Waals surface area contributed by atoms with Crippen LogP contribution in [0, 0.1) is 5.92 Å². The lowest BCUT2D eigenvalue weighted by Gasteiger charge is -2.07. The summed E-state index contributed by atoms with van der Waals surface area (Å²) in [6, 6.07) is 3.80. The van der Waals surface area contributed by atoms with Crippen LogP contribution in [-0.4, -0.2) is 11.6 Å². The SMILES string of the molecule is CC(C)COCc1cccnc1N. The number of hydrogen-bond acceptors (Lipinski definition) is 3. The average Bonchev–Trinajstić information content (AvgIpc) is 2.08. The first-order valence-electron chi connectivity index (χ1n) is 4.47. The molecular weight excluding hydrogens is 164 g/mol. The molecule has 3 heteroatoms. The van der Waals surface area contributed by atoms with Crippen LogP contribution in [0.1, 0.15) is 19.4 Å². The minimum atomic E-state index is 0.553. The number of nitrogens with zero attached hydrogens (tertiary/aromatic N) is 1. The molecule has 3 nitrogen and oxygen atoms in total. The van der Waals surface area contributed by atoms with Gasteiger partial charge in [0.2, 0.25) is 0 Å². The van der Waals surface area contributed by atoms with E-state index < -0.39 is 0 Å². The molecule has 0 saturated carbocycles. The molecule has 1 aromatic heterocycles. The van der Waals surface area contributed by atoms with E-state index in [4.69, 9.17) is 10.5 Å². The van der Waals surface area contributed by atoms with Gasteiger partial charge in [0, 0.05) is 18.4 Å². The third-order valence-electron chi connectivity index (χ3n) is 1.63. The number of pyridine rings is 1. The molecular formula is C10H16N2O. The Balaban J connectivity index is 2.41. The molecule has 0 unspecified atom stereocenters. The highest BCUT2D eigenvalue weighted by molar-refractivity contribution is 5.37. The number of aromatic nitrogens is 1. The van der Waals surface area contributed by atoms with E-state index in [2.05, 4.69) is 18.8 Å². The van der Waals surface area contributed by atoms with Crippen LogP contribution in [0.5, 0.6) is 0 Å². The first-order chi connectivity index (χ1) is 6.20. The van der Waals surface area contributed by atoms with Gasteiger partial charge in [-0.05, 0) is 12.0 Å². The van der Waals surface area contributed by atoms with E-state index in [0.717, 1.165) is 12.2 Å². The molecule has 0 aliphatic heterocycles. The second-order valence-electron chi connectivity index (χ2n) is 3.46. The van der Waals surface area contributed by atoms with Crippen molar-refractivity contribution in [3.05, 3.63) is 23.9 Å². The van der Waals surface area contributed by atoms with E-state index in [-0.39, 0.29) is 0 Å². The zero-order valence-corrected chi connectivity index (χ0v) is 8.16. The van der Waals surface area contributed by atoms with Crippen LogP contribution < -0.4 is 5.73 Å². The Morgan fingerprint density at radius 3 is 2.92 bits per heavy atom. The topological polar surface area (TPSA) is 48.1 Å². The van der Waals surface area contributed by atoms with Gasteiger partial charge in [-0.1, -0.05) is 19.9 Å². The Kier molecular flexibility index (Phi) is 3.71. The van der Waals surface area contributed by atoms with Crippen molar-refractivity contribution >= 4 is 5.82 Å². The van der Waals surface area contributed by atoms with Crippen LogP contribution >= 0.6 is 0 Å². The van der Waals surface area contributed by atoms with Gasteiger partial charge in [-0.25, -0.2) is 4.98 Å². The molecule has 72 valence electrons. The molecule has 0 aromatic carbocycles. The number of rotatable bonds is 4. The second-order valence-corrected chi connectivity index (χ2v) is 3.46. The summed E-state index contributed by atoms with van der Waals surface area (Å²) in [4.78, 5) is 3.97. The lowest BCUT2D eigenvalue weighted by Crippen LogP contribution is -2.04. The van der Waals surface area contributed by atoms with Gasteiger partial charge in [0.1, 0.15) is 5.82 Å². The van der Waals surface area contributed by atoms with Gasteiger partial charge in [-0.3, -0.25) is 0 Å². The highest BCUT2D eigenvalue weighted by atomic mass is 16.5. The van der Waals surface area contributed by atoms with E-state index in [0.29, 0.717) is 18.3 Å². The van der Waals surface area contributed by atoms with Crippen molar-refractivity contribution in [2.75, 3.05) is 12.3 Å². The van der Waals surface area contributed by atoms with Gasteiger partial charge in [-0.2, -0.15) is 0 Å². The van der Waals surface area contributed by atoms with Crippen LogP contribution in [0.15, 0.2) is 18.3 Å². The summed E-state index contributed by atoms with van der Waals surface area (Å²) in [6.07, 6.45) is 1.68. The standard InChI is InChI=1S/C10H16N2O/c1-8(2)6-13-7-9-4-3-5-12-10(9)11/h3-5,8H,6-7H2,1-2H3,(H2,11,12). The lowest BCUT2D eigenvalue weighted by atomic mass is 10.2. The molecule has 0 spiro atoms. The Morgan fingerprint density at radius 2 is 2.31 bits per heavy atom. The molecule has 13 heavy (non-hydrogen) atoms. The van der Waals surface area contributed by atoms with Crippen LogP contribution in [0.3, 0.4) is 0 Å². The summed E-state index contributed by atoms with van der Waals surface area (Å²) in [5.74, 6) is 1.11. The van der Waals surface area contributed by atoms with Crippen LogP contribution in [0.25, 0.3) is 0 Å². The lowest BCUT2D eigenvalue weighted by molar-refractivity contribution is 0.0973. The summed E-state index contributed by atoms with van der Waals surface area (Å²) in [7, 11) is 0. The molecule has 0 saturated heterocycles. The average molecular weight is 180 g/mol. The number of nitrogen functional groups attached to an aromatic ring is 1. The van der Waals surface area contributed by atoms with E-state index >= 15 is 0 Å². The molecule has 2 N–H and O–H groups in total. The van der Waals surface area contributed by atoms with Crippen LogP contribution in [-0.2, 0) is 11.3 Å². The van der Waals surface area contributed by atoms with Gasteiger partial charge in [0.15, 0.2) is 0 Å². The van der Waals surface area contributed by atoms with Gasteiger partial charge < -0.3 is 10.5 Å². The number of nitrogens with two attached hydrogens (primary N) is 1. The van der Waals surface area contributed by atoms with Gasteiger partial charge in [-0.15, -0.1) is 0 Å². The molecule has 0 aliphatic carbocycles. The fourth-order valence-corrected chi connectivity index (χ4v) is 0.977. The Labute approximate surface area is 78.9 Å². The van der Waals surface area contributed by atoms with E-state index in [1.807, 2.05) is 12.1 Å². The molecule has 0 aliphatic rings. The Bertz CT molecular complexity index is 261. The minimum Gasteiger partial charge on any atom is -0.383 e. The number of hydrogen-bond donors (Lipinski definition) is 1. The van der Waals surface area contributed by atoms with E-state index in [1.165, 1.54) is 0 Å². The van der Waals surface area contributed by atoms with Crippen LogP contribution in [0.4, 0.5) is 5.82 Å². The molecule has 0 bridgehead atoms. The predicted octanol–water partition coefficient (Wildman–Crippen LogP) is 1.84. The maximum absolute atomic E-state index is 5.65. The monoisotopic (exact) mass is 180 g/mol. The Hall–Kier alpha value is -1.09. The van der Waals surface area contributed by atoms with Crippen molar-refractivity contribution in [2.45, 2.75) is 20.5 Å². The second kappa shape index (κ2) is 4.82. The molecule has 1 rings (SSSR count). The van der Waals surface area contributed by atoms with Crippen molar-refractivity contribution in [1.82, 2.24) is 4.98 Å². The third kappa shape index (κ3) is 3.42. The number of ether oxygens (including phenoxy) is 1. The zero-order chi connectivity index (χ0) is 9.68. The fourth-order valence-electron chi connectivity index (χ4n) is 0.977. The van der Waals surface area contributed by atoms with E-state index in [9.17, 15) is 0 Å². The summed E-state index contributed by atoms with van der Waals surface area (Å²) in [5, 5.41) is 0. The largest absolute Gasteiger partial charge is 0.383 e. The summed E-state index contributed by atoms with van der Waals surface area (Å²) in [6.45, 7) is 5.55. The smallest absolute Gasteiger partial charge is 0.128 e. The van der Waals surface area contributed by atoms with Crippen molar-refractivity contribution < 1.29 is 4.74 Å². The van der Waals surface area contributed by atoms with Crippen LogP contribution in [0.2, 0.25) is 0 Å². The molecule has 0 fully saturated rings. The third-order valence-corrected chi connectivity index (χ3v) is 1.63. The van der Waals surface area contributed by atoms with E-state index in [1.54, 1.807) is 6.20 Å². The fraction of sp³-hybridized carbons (Fsp3) is 0.500. The molecule has 0 amide bonds. The first-order valence-corrected chi connectivity index (χ1v) is 4.47. The van der Waals surface area contributed by atoms with Gasteiger partial charge in [0.05, 0.1) is 6.61 Å². The van der Waals surface area contributed by atoms with Crippen molar-refractivity contribution in [3.63, 3.8) is 0 Å². The first kappa shape index (κ1) is 9.99. The van der Waals surface area contributed by atoms with Crippen molar-refractivity contribution in [2.24, 2.45) is 5.92 Å². The summed E-state index contributed by atoms with van der Waals surface area (Å²) in [5.41, 5.74) is 6.61. The summed E-state index contributed by atoms with van der Waals surface area (Å²) < 4.78 is 5.44. The molecule has 1 heterocycles. The minimum absolute atomic E-state index is 0.553. The van der Waals surface area contributed by atoms with Crippen molar-refractivity contribution in [1.29, 1.82) is 0 Å². The van der Waals surface area contributed by atoms with Gasteiger partial charge in [0.25, 0.3) is 0 Å². The molecule has 0 atom stereocenters. The zero-order valence-electron chi connectivity index (χ0n) is 8.16.